The zero-order chi connectivity index (χ0) is 13.5. The van der Waals surface area contributed by atoms with Gasteiger partial charge in [0.15, 0.2) is 0 Å². The van der Waals surface area contributed by atoms with Crippen molar-refractivity contribution >= 4 is 5.69 Å². The monoisotopic (exact) mass is 250 g/mol. The first-order valence-corrected chi connectivity index (χ1v) is 6.57. The zero-order valence-electron chi connectivity index (χ0n) is 12.3. The highest BCUT2D eigenvalue weighted by Crippen LogP contribution is 2.20. The van der Waals surface area contributed by atoms with Crippen molar-refractivity contribution in [1.29, 1.82) is 0 Å². The molecular weight excluding hydrogens is 224 g/mol. The smallest absolute Gasteiger partial charge is 0.0637 e. The average Bonchev–Trinajstić information content (AvgIpc) is 2.33. The Hall–Kier alpha value is -1.06. The summed E-state index contributed by atoms with van der Waals surface area (Å²) in [6.07, 6.45) is 0. The highest BCUT2D eigenvalue weighted by Gasteiger charge is 2.05. The van der Waals surface area contributed by atoms with E-state index in [9.17, 15) is 0 Å². The van der Waals surface area contributed by atoms with Crippen LogP contribution in [-0.2, 0) is 11.3 Å². The molecule has 0 spiro atoms. The van der Waals surface area contributed by atoms with Crippen molar-refractivity contribution in [2.75, 3.05) is 32.2 Å². The number of hydrogen-bond donors (Lipinski definition) is 1. The Balaban J connectivity index is 2.66. The summed E-state index contributed by atoms with van der Waals surface area (Å²) in [4.78, 5) is 2.23. The van der Waals surface area contributed by atoms with Gasteiger partial charge in [-0.2, -0.15) is 0 Å². The van der Waals surface area contributed by atoms with Gasteiger partial charge in [-0.1, -0.05) is 26.0 Å². The summed E-state index contributed by atoms with van der Waals surface area (Å²) in [6, 6.07) is 7.17. The predicted octanol–water partition coefficient (Wildman–Crippen LogP) is 2.58. The first-order chi connectivity index (χ1) is 8.54. The Kier molecular flexibility index (Phi) is 6.16. The fraction of sp³-hybridized carbons (Fsp3) is 0.600. The number of rotatable bonds is 7. The molecule has 0 aliphatic rings. The fourth-order valence-corrected chi connectivity index (χ4v) is 1.93. The van der Waals surface area contributed by atoms with Crippen LogP contribution in [0.25, 0.3) is 0 Å². The third-order valence-corrected chi connectivity index (χ3v) is 3.02. The molecule has 0 unspecified atom stereocenters. The van der Waals surface area contributed by atoms with Gasteiger partial charge in [0, 0.05) is 39.0 Å². The Bertz CT molecular complexity index is 364. The number of methoxy groups -OCH3 is 1. The summed E-state index contributed by atoms with van der Waals surface area (Å²) in [5, 5.41) is 3.44. The highest BCUT2D eigenvalue weighted by atomic mass is 16.5. The maximum Gasteiger partial charge on any atom is 0.0637 e. The van der Waals surface area contributed by atoms with E-state index in [0.29, 0.717) is 6.04 Å². The molecule has 102 valence electrons. The SMILES string of the molecule is COCCN(C)c1ccc(CNC(C)C)cc1C. The van der Waals surface area contributed by atoms with Gasteiger partial charge in [-0.3, -0.25) is 0 Å². The molecule has 0 atom stereocenters. The van der Waals surface area contributed by atoms with Gasteiger partial charge < -0.3 is 15.0 Å². The number of nitrogens with zero attached hydrogens (tertiary/aromatic N) is 1. The van der Waals surface area contributed by atoms with E-state index in [-0.39, 0.29) is 0 Å². The van der Waals surface area contributed by atoms with Gasteiger partial charge >= 0.3 is 0 Å². The van der Waals surface area contributed by atoms with Crippen LogP contribution >= 0.6 is 0 Å². The van der Waals surface area contributed by atoms with Crippen molar-refractivity contribution in [1.82, 2.24) is 5.32 Å². The topological polar surface area (TPSA) is 24.5 Å². The predicted molar refractivity (Wildman–Crippen MR) is 78.3 cm³/mol. The van der Waals surface area contributed by atoms with Crippen LogP contribution in [0.5, 0.6) is 0 Å². The van der Waals surface area contributed by atoms with Crippen LogP contribution in [0.2, 0.25) is 0 Å². The van der Waals surface area contributed by atoms with E-state index in [1.807, 2.05) is 0 Å². The summed E-state index contributed by atoms with van der Waals surface area (Å²) in [5.74, 6) is 0. The Labute approximate surface area is 111 Å². The molecule has 1 aromatic rings. The molecule has 1 N–H and O–H groups in total. The molecule has 0 aliphatic carbocycles. The van der Waals surface area contributed by atoms with E-state index in [1.54, 1.807) is 7.11 Å². The molecule has 0 amide bonds. The number of hydrogen-bond acceptors (Lipinski definition) is 3. The lowest BCUT2D eigenvalue weighted by Crippen LogP contribution is -2.24. The summed E-state index contributed by atoms with van der Waals surface area (Å²) < 4.78 is 5.11. The maximum atomic E-state index is 5.11. The van der Waals surface area contributed by atoms with E-state index in [0.717, 1.165) is 19.7 Å². The van der Waals surface area contributed by atoms with Gasteiger partial charge in [-0.15, -0.1) is 0 Å². The second kappa shape index (κ2) is 7.39. The van der Waals surface area contributed by atoms with Crippen LogP contribution in [0.15, 0.2) is 18.2 Å². The highest BCUT2D eigenvalue weighted by molar-refractivity contribution is 5.53. The van der Waals surface area contributed by atoms with Crippen LogP contribution in [0.3, 0.4) is 0 Å². The minimum atomic E-state index is 0.523. The largest absolute Gasteiger partial charge is 0.383 e. The zero-order valence-corrected chi connectivity index (χ0v) is 12.3. The molecule has 0 aromatic heterocycles. The van der Waals surface area contributed by atoms with Crippen LogP contribution in [-0.4, -0.2) is 33.4 Å². The molecule has 3 nitrogen and oxygen atoms in total. The first-order valence-electron chi connectivity index (χ1n) is 6.57. The number of aryl methyl sites for hydroxylation is 1. The molecule has 0 heterocycles. The molecule has 0 saturated carbocycles. The molecule has 3 heteroatoms. The molecule has 0 fully saturated rings. The molecule has 18 heavy (non-hydrogen) atoms. The molecule has 0 aliphatic heterocycles. The molecule has 0 radical (unpaired) electrons. The van der Waals surface area contributed by atoms with Crippen molar-refractivity contribution < 1.29 is 4.74 Å². The molecule has 1 aromatic carbocycles. The Morgan fingerprint density at radius 2 is 2.06 bits per heavy atom. The number of anilines is 1. The van der Waals surface area contributed by atoms with Crippen LogP contribution in [0, 0.1) is 6.92 Å². The first kappa shape index (κ1) is 15.0. The Morgan fingerprint density at radius 1 is 1.33 bits per heavy atom. The molecule has 0 saturated heterocycles. The lowest BCUT2D eigenvalue weighted by molar-refractivity contribution is 0.206. The average molecular weight is 250 g/mol. The molecule has 1 rings (SSSR count). The Morgan fingerprint density at radius 3 is 2.61 bits per heavy atom. The second-order valence-electron chi connectivity index (χ2n) is 5.07. The lowest BCUT2D eigenvalue weighted by Gasteiger charge is -2.21. The number of benzene rings is 1. The summed E-state index contributed by atoms with van der Waals surface area (Å²) in [7, 11) is 3.84. The van der Waals surface area contributed by atoms with E-state index >= 15 is 0 Å². The number of ether oxygens (including phenoxy) is 1. The van der Waals surface area contributed by atoms with Gasteiger partial charge in [0.1, 0.15) is 0 Å². The summed E-state index contributed by atoms with van der Waals surface area (Å²) in [6.45, 7) is 9.10. The van der Waals surface area contributed by atoms with Crippen LogP contribution in [0.4, 0.5) is 5.69 Å². The number of likely N-dealkylation sites (N-methyl/N-ethyl adjacent to an activating group) is 1. The van der Waals surface area contributed by atoms with Gasteiger partial charge in [0.25, 0.3) is 0 Å². The number of nitrogens with one attached hydrogen (secondary N) is 1. The van der Waals surface area contributed by atoms with Crippen LogP contribution in [0.1, 0.15) is 25.0 Å². The molecule has 0 bridgehead atoms. The quantitative estimate of drug-likeness (QED) is 0.805. The van der Waals surface area contributed by atoms with Crippen LogP contribution < -0.4 is 10.2 Å². The lowest BCUT2D eigenvalue weighted by atomic mass is 10.1. The summed E-state index contributed by atoms with van der Waals surface area (Å²) >= 11 is 0. The van der Waals surface area contributed by atoms with Crippen molar-refractivity contribution in [2.24, 2.45) is 0 Å². The van der Waals surface area contributed by atoms with E-state index in [2.05, 4.69) is 56.2 Å². The minimum absolute atomic E-state index is 0.523. The van der Waals surface area contributed by atoms with E-state index < -0.39 is 0 Å². The summed E-state index contributed by atoms with van der Waals surface area (Å²) in [5.41, 5.74) is 3.93. The van der Waals surface area contributed by atoms with Gasteiger partial charge in [0.05, 0.1) is 6.61 Å². The fourth-order valence-electron chi connectivity index (χ4n) is 1.93. The van der Waals surface area contributed by atoms with Crippen molar-refractivity contribution in [2.45, 2.75) is 33.4 Å². The second-order valence-corrected chi connectivity index (χ2v) is 5.07. The minimum Gasteiger partial charge on any atom is -0.383 e. The molecular formula is C15H26N2O. The van der Waals surface area contributed by atoms with E-state index in [4.69, 9.17) is 4.74 Å². The van der Waals surface area contributed by atoms with Crippen molar-refractivity contribution in [3.05, 3.63) is 29.3 Å². The standard InChI is InChI=1S/C15H26N2O/c1-12(2)16-11-14-6-7-15(13(3)10-14)17(4)8-9-18-5/h6-7,10,12,16H,8-9,11H2,1-5H3. The van der Waals surface area contributed by atoms with Crippen molar-refractivity contribution in [3.63, 3.8) is 0 Å². The van der Waals surface area contributed by atoms with Gasteiger partial charge in [-0.05, 0) is 24.1 Å². The van der Waals surface area contributed by atoms with E-state index in [1.165, 1.54) is 16.8 Å². The normalized spacial score (nSPS) is 11.0. The maximum absolute atomic E-state index is 5.11. The van der Waals surface area contributed by atoms with Crippen molar-refractivity contribution in [3.8, 4) is 0 Å². The third-order valence-electron chi connectivity index (χ3n) is 3.02. The van der Waals surface area contributed by atoms with Gasteiger partial charge in [-0.25, -0.2) is 0 Å². The third kappa shape index (κ3) is 4.67. The van der Waals surface area contributed by atoms with Gasteiger partial charge in [0.2, 0.25) is 0 Å².